The summed E-state index contributed by atoms with van der Waals surface area (Å²) in [6.07, 6.45) is 14.9. The maximum Gasteiger partial charge on any atom is 0.0827 e. The van der Waals surface area contributed by atoms with Gasteiger partial charge in [0.05, 0.1) is 6.33 Å². The predicted molar refractivity (Wildman–Crippen MR) is 93.9 cm³/mol. The summed E-state index contributed by atoms with van der Waals surface area (Å²) < 4.78 is 12.1. The standard InChI is InChI=1S/C21H31F/c1-2-3-4-5-7-18-9-13-20(14-10-18)21-15-11-19(12-16-21)8-6-17-22/h6,9-10,13-14,17,19,21H,2-5,7-8,11-12,15-16H2,1H3/t19-,21-. The van der Waals surface area contributed by atoms with E-state index >= 15 is 0 Å². The monoisotopic (exact) mass is 302 g/mol. The molecular weight excluding hydrogens is 271 g/mol. The average molecular weight is 302 g/mol. The molecule has 0 nitrogen and oxygen atoms in total. The maximum absolute atomic E-state index is 12.1. The Kier molecular flexibility index (Phi) is 7.70. The molecular formula is C21H31F. The van der Waals surface area contributed by atoms with Crippen molar-refractivity contribution in [2.24, 2.45) is 5.92 Å². The van der Waals surface area contributed by atoms with Gasteiger partial charge >= 0.3 is 0 Å². The molecule has 0 bridgehead atoms. The molecule has 0 heterocycles. The van der Waals surface area contributed by atoms with Crippen LogP contribution in [0.25, 0.3) is 0 Å². The van der Waals surface area contributed by atoms with Crippen molar-refractivity contribution >= 4 is 0 Å². The second-order valence-corrected chi connectivity index (χ2v) is 6.87. The number of halogens is 1. The quantitative estimate of drug-likeness (QED) is 0.455. The molecule has 1 fully saturated rings. The van der Waals surface area contributed by atoms with Crippen LogP contribution in [0.2, 0.25) is 0 Å². The summed E-state index contributed by atoms with van der Waals surface area (Å²) in [4.78, 5) is 0. The van der Waals surface area contributed by atoms with Crippen LogP contribution in [0.4, 0.5) is 4.39 Å². The Bertz CT molecular complexity index is 424. The number of aryl methyl sites for hydroxylation is 1. The van der Waals surface area contributed by atoms with E-state index in [-0.39, 0.29) is 0 Å². The van der Waals surface area contributed by atoms with Crippen LogP contribution in [0.1, 0.15) is 81.8 Å². The van der Waals surface area contributed by atoms with Crippen molar-refractivity contribution in [1.82, 2.24) is 0 Å². The number of hydrogen-bond acceptors (Lipinski definition) is 0. The van der Waals surface area contributed by atoms with Crippen molar-refractivity contribution in [2.45, 2.75) is 77.0 Å². The van der Waals surface area contributed by atoms with E-state index in [9.17, 15) is 4.39 Å². The fourth-order valence-corrected chi connectivity index (χ4v) is 3.69. The minimum absolute atomic E-state index is 0.695. The van der Waals surface area contributed by atoms with Gasteiger partial charge in [0, 0.05) is 0 Å². The fraction of sp³-hybridized carbons (Fsp3) is 0.619. The lowest BCUT2D eigenvalue weighted by molar-refractivity contribution is 0.327. The summed E-state index contributed by atoms with van der Waals surface area (Å²) in [5.74, 6) is 1.42. The first-order valence-electron chi connectivity index (χ1n) is 9.17. The van der Waals surface area contributed by atoms with E-state index in [1.54, 1.807) is 6.08 Å². The first-order valence-corrected chi connectivity index (χ1v) is 9.17. The van der Waals surface area contributed by atoms with Gasteiger partial charge < -0.3 is 0 Å². The van der Waals surface area contributed by atoms with Crippen LogP contribution in [0.3, 0.4) is 0 Å². The van der Waals surface area contributed by atoms with Crippen molar-refractivity contribution in [3.63, 3.8) is 0 Å². The van der Waals surface area contributed by atoms with E-state index in [0.717, 1.165) is 12.3 Å². The molecule has 2 rings (SSSR count). The molecule has 0 radical (unpaired) electrons. The third kappa shape index (κ3) is 5.59. The van der Waals surface area contributed by atoms with E-state index in [1.807, 2.05) is 0 Å². The number of benzene rings is 1. The van der Waals surface area contributed by atoms with Crippen molar-refractivity contribution in [2.75, 3.05) is 0 Å². The van der Waals surface area contributed by atoms with Crippen LogP contribution in [0.15, 0.2) is 36.7 Å². The first-order chi connectivity index (χ1) is 10.8. The van der Waals surface area contributed by atoms with Gasteiger partial charge in [-0.3, -0.25) is 0 Å². The molecule has 1 aliphatic carbocycles. The van der Waals surface area contributed by atoms with Crippen molar-refractivity contribution in [1.29, 1.82) is 0 Å². The second-order valence-electron chi connectivity index (χ2n) is 6.87. The summed E-state index contributed by atoms with van der Waals surface area (Å²) in [6, 6.07) is 9.36. The molecule has 0 spiro atoms. The van der Waals surface area contributed by atoms with Gasteiger partial charge in [-0.25, -0.2) is 4.39 Å². The van der Waals surface area contributed by atoms with Gasteiger partial charge in [0.25, 0.3) is 0 Å². The van der Waals surface area contributed by atoms with Gasteiger partial charge in [-0.2, -0.15) is 0 Å². The van der Waals surface area contributed by atoms with E-state index in [1.165, 1.54) is 68.9 Å². The summed E-state index contributed by atoms with van der Waals surface area (Å²) >= 11 is 0. The summed E-state index contributed by atoms with van der Waals surface area (Å²) in [5, 5.41) is 0. The van der Waals surface area contributed by atoms with Gasteiger partial charge in [0.2, 0.25) is 0 Å². The lowest BCUT2D eigenvalue weighted by Gasteiger charge is -2.28. The lowest BCUT2D eigenvalue weighted by Crippen LogP contribution is -2.12. The molecule has 1 aromatic rings. The van der Waals surface area contributed by atoms with Crippen LogP contribution < -0.4 is 0 Å². The number of hydrogen-bond donors (Lipinski definition) is 0. The highest BCUT2D eigenvalue weighted by molar-refractivity contribution is 5.26. The first kappa shape index (κ1) is 17.2. The largest absolute Gasteiger partial charge is 0.216 e. The molecule has 0 atom stereocenters. The Hall–Kier alpha value is -1.11. The molecule has 0 amide bonds. The lowest BCUT2D eigenvalue weighted by atomic mass is 9.77. The molecule has 0 unspecified atom stereocenters. The van der Waals surface area contributed by atoms with Crippen LogP contribution in [-0.4, -0.2) is 0 Å². The predicted octanol–water partition coefficient (Wildman–Crippen LogP) is 6.96. The molecule has 0 saturated heterocycles. The number of unbranched alkanes of at least 4 members (excludes halogenated alkanes) is 3. The normalized spacial score (nSPS) is 22.3. The average Bonchev–Trinajstić information content (AvgIpc) is 2.58. The Morgan fingerprint density at radius 3 is 2.36 bits per heavy atom. The van der Waals surface area contributed by atoms with E-state index in [2.05, 4.69) is 31.2 Å². The summed E-state index contributed by atoms with van der Waals surface area (Å²) in [7, 11) is 0. The Labute approximate surface area is 135 Å². The van der Waals surface area contributed by atoms with Crippen molar-refractivity contribution < 1.29 is 4.39 Å². The molecule has 22 heavy (non-hydrogen) atoms. The molecule has 1 aliphatic rings. The highest BCUT2D eigenvalue weighted by atomic mass is 19.1. The third-order valence-corrected chi connectivity index (χ3v) is 5.18. The van der Waals surface area contributed by atoms with Crippen LogP contribution in [0.5, 0.6) is 0 Å². The molecule has 1 aromatic carbocycles. The Balaban J connectivity index is 1.76. The highest BCUT2D eigenvalue weighted by Gasteiger charge is 2.21. The van der Waals surface area contributed by atoms with Crippen LogP contribution in [-0.2, 0) is 6.42 Å². The number of rotatable bonds is 8. The number of allylic oxidation sites excluding steroid dienone is 1. The topological polar surface area (TPSA) is 0 Å². The molecule has 0 aliphatic heterocycles. The molecule has 122 valence electrons. The molecule has 1 saturated carbocycles. The highest BCUT2D eigenvalue weighted by Crippen LogP contribution is 2.37. The zero-order valence-corrected chi connectivity index (χ0v) is 14.1. The molecule has 1 heteroatoms. The van der Waals surface area contributed by atoms with Crippen LogP contribution in [0, 0.1) is 5.92 Å². The Morgan fingerprint density at radius 1 is 1.00 bits per heavy atom. The zero-order chi connectivity index (χ0) is 15.6. The van der Waals surface area contributed by atoms with E-state index in [0.29, 0.717) is 12.2 Å². The summed E-state index contributed by atoms with van der Waals surface area (Å²) in [5.41, 5.74) is 3.00. The fourth-order valence-electron chi connectivity index (χ4n) is 3.69. The SMILES string of the molecule is CCCCCCc1ccc([C@H]2CC[C@H](CC=CF)CC2)cc1. The minimum Gasteiger partial charge on any atom is -0.216 e. The van der Waals surface area contributed by atoms with Gasteiger partial charge in [-0.05, 0) is 67.9 Å². The maximum atomic E-state index is 12.1. The van der Waals surface area contributed by atoms with Gasteiger partial charge in [0.1, 0.15) is 0 Å². The minimum atomic E-state index is 0.695. The summed E-state index contributed by atoms with van der Waals surface area (Å²) in [6.45, 7) is 2.26. The zero-order valence-electron chi connectivity index (χ0n) is 14.1. The van der Waals surface area contributed by atoms with Crippen LogP contribution >= 0.6 is 0 Å². The van der Waals surface area contributed by atoms with Crippen molar-refractivity contribution in [3.8, 4) is 0 Å². The second kappa shape index (κ2) is 9.82. The van der Waals surface area contributed by atoms with Crippen molar-refractivity contribution in [3.05, 3.63) is 47.8 Å². The van der Waals surface area contributed by atoms with E-state index < -0.39 is 0 Å². The molecule has 0 N–H and O–H groups in total. The van der Waals surface area contributed by atoms with Gasteiger partial charge in [0.15, 0.2) is 0 Å². The van der Waals surface area contributed by atoms with E-state index in [4.69, 9.17) is 0 Å². The Morgan fingerprint density at radius 2 is 1.73 bits per heavy atom. The van der Waals surface area contributed by atoms with Gasteiger partial charge in [-0.1, -0.05) is 56.5 Å². The molecule has 0 aromatic heterocycles. The van der Waals surface area contributed by atoms with Gasteiger partial charge in [-0.15, -0.1) is 0 Å². The third-order valence-electron chi connectivity index (χ3n) is 5.18. The smallest absolute Gasteiger partial charge is 0.0827 e.